The third-order valence-electron chi connectivity index (χ3n) is 7.95. The molecule has 2 heterocycles. The highest BCUT2D eigenvalue weighted by Gasteiger charge is 2.72. The van der Waals surface area contributed by atoms with E-state index in [-0.39, 0.29) is 24.4 Å². The van der Waals surface area contributed by atoms with Gasteiger partial charge in [0.2, 0.25) is 0 Å². The summed E-state index contributed by atoms with van der Waals surface area (Å²) < 4.78 is 23.2. The van der Waals surface area contributed by atoms with Gasteiger partial charge in [-0.1, -0.05) is 19.1 Å². The lowest BCUT2D eigenvalue weighted by Gasteiger charge is -2.64. The van der Waals surface area contributed by atoms with Gasteiger partial charge in [0.15, 0.2) is 18.3 Å². The second kappa shape index (κ2) is 7.52. The SMILES string of the molecule is C=CCN1CC[C@]23c4c5ccc(OCOCCOC)c4OC2C(C)CC[C@@]3(O)C1C5. The highest BCUT2D eigenvalue weighted by molar-refractivity contribution is 5.62. The van der Waals surface area contributed by atoms with E-state index in [1.54, 1.807) is 7.11 Å². The first-order valence-corrected chi connectivity index (χ1v) is 11.2. The summed E-state index contributed by atoms with van der Waals surface area (Å²) >= 11 is 0. The summed E-state index contributed by atoms with van der Waals surface area (Å²) in [5, 5.41) is 12.3. The molecule has 1 spiro atoms. The predicted molar refractivity (Wildman–Crippen MR) is 113 cm³/mol. The Labute approximate surface area is 178 Å². The molecule has 3 unspecified atom stereocenters. The Morgan fingerprint density at radius 2 is 2.20 bits per heavy atom. The molecule has 1 N–H and O–H groups in total. The van der Waals surface area contributed by atoms with Crippen LogP contribution in [0, 0.1) is 5.92 Å². The number of nitrogens with zero attached hydrogens (tertiary/aromatic N) is 1. The summed E-state index contributed by atoms with van der Waals surface area (Å²) in [7, 11) is 1.65. The molecule has 2 aliphatic carbocycles. The summed E-state index contributed by atoms with van der Waals surface area (Å²) in [5.41, 5.74) is 1.35. The molecule has 164 valence electrons. The molecular weight excluding hydrogens is 382 g/mol. The van der Waals surface area contributed by atoms with Crippen molar-refractivity contribution in [2.24, 2.45) is 5.92 Å². The molecule has 0 amide bonds. The average Bonchev–Trinajstić information content (AvgIpc) is 3.09. The second-order valence-corrected chi connectivity index (χ2v) is 9.29. The van der Waals surface area contributed by atoms with Gasteiger partial charge in [-0.2, -0.15) is 0 Å². The quantitative estimate of drug-likeness (QED) is 0.400. The molecule has 0 radical (unpaired) electrons. The highest BCUT2D eigenvalue weighted by Crippen LogP contribution is 2.66. The maximum atomic E-state index is 12.3. The number of benzene rings is 1. The molecule has 2 aliphatic heterocycles. The van der Waals surface area contributed by atoms with Gasteiger partial charge in [-0.15, -0.1) is 6.58 Å². The maximum Gasteiger partial charge on any atom is 0.189 e. The Kier molecular flexibility index (Phi) is 5.09. The number of aliphatic hydroxyl groups is 1. The van der Waals surface area contributed by atoms with Crippen LogP contribution in [0.2, 0.25) is 0 Å². The molecule has 1 saturated carbocycles. The Bertz CT molecular complexity index is 828. The molecule has 5 atom stereocenters. The number of hydrogen-bond donors (Lipinski definition) is 1. The van der Waals surface area contributed by atoms with E-state index in [4.69, 9.17) is 18.9 Å². The molecule has 5 rings (SSSR count). The molecule has 1 saturated heterocycles. The first kappa shape index (κ1) is 20.3. The van der Waals surface area contributed by atoms with Crippen LogP contribution in [0.5, 0.6) is 11.5 Å². The Morgan fingerprint density at radius 3 is 3.00 bits per heavy atom. The first-order chi connectivity index (χ1) is 14.6. The molecular formula is C24H33NO5. The van der Waals surface area contributed by atoms with E-state index in [9.17, 15) is 5.11 Å². The van der Waals surface area contributed by atoms with Gasteiger partial charge in [-0.3, -0.25) is 4.90 Å². The zero-order chi connectivity index (χ0) is 20.9. The van der Waals surface area contributed by atoms with Gasteiger partial charge in [-0.25, -0.2) is 0 Å². The molecule has 6 heteroatoms. The standard InChI is InChI=1S/C24H33NO5/c1-4-10-25-11-9-23-20-17-5-6-18(29-15-28-13-12-27-3)21(20)30-22(23)16(2)7-8-24(23,26)19(25)14-17/h4-6,16,19,22,26H,1,7-15H2,2-3H3/t16?,19?,22?,23-,24+/m0/s1. The van der Waals surface area contributed by atoms with Gasteiger partial charge >= 0.3 is 0 Å². The monoisotopic (exact) mass is 415 g/mol. The fourth-order valence-corrected chi connectivity index (χ4v) is 6.67. The number of methoxy groups -OCH3 is 1. The van der Waals surface area contributed by atoms with Crippen molar-refractivity contribution in [2.45, 2.75) is 55.8 Å². The fourth-order valence-electron chi connectivity index (χ4n) is 6.67. The lowest BCUT2D eigenvalue weighted by atomic mass is 9.47. The first-order valence-electron chi connectivity index (χ1n) is 11.2. The van der Waals surface area contributed by atoms with Crippen molar-refractivity contribution in [3.8, 4) is 11.5 Å². The second-order valence-electron chi connectivity index (χ2n) is 9.29. The van der Waals surface area contributed by atoms with Crippen molar-refractivity contribution in [3.63, 3.8) is 0 Å². The van der Waals surface area contributed by atoms with Crippen molar-refractivity contribution in [1.82, 2.24) is 4.90 Å². The van der Waals surface area contributed by atoms with E-state index in [0.29, 0.717) is 19.1 Å². The van der Waals surface area contributed by atoms with Gasteiger partial charge in [0, 0.05) is 25.3 Å². The molecule has 0 aromatic heterocycles. The van der Waals surface area contributed by atoms with E-state index in [1.807, 2.05) is 12.1 Å². The summed E-state index contributed by atoms with van der Waals surface area (Å²) in [6.45, 7) is 9.15. The minimum atomic E-state index is -0.780. The van der Waals surface area contributed by atoms with Gasteiger partial charge in [0.1, 0.15) is 6.10 Å². The smallest absolute Gasteiger partial charge is 0.189 e. The van der Waals surface area contributed by atoms with Crippen LogP contribution in [0.25, 0.3) is 0 Å². The zero-order valence-corrected chi connectivity index (χ0v) is 18.1. The molecule has 4 aliphatic rings. The number of piperidine rings is 1. The van der Waals surface area contributed by atoms with Crippen LogP contribution in [0.1, 0.15) is 37.3 Å². The third kappa shape index (κ3) is 2.63. The summed E-state index contributed by atoms with van der Waals surface area (Å²) in [5.74, 6) is 1.94. The van der Waals surface area contributed by atoms with Crippen LogP contribution in [-0.4, -0.2) is 68.0 Å². The van der Waals surface area contributed by atoms with Crippen molar-refractivity contribution in [1.29, 1.82) is 0 Å². The number of likely N-dealkylation sites (tertiary alicyclic amines) is 1. The minimum absolute atomic E-state index is 0.0159. The topological polar surface area (TPSA) is 60.4 Å². The molecule has 30 heavy (non-hydrogen) atoms. The van der Waals surface area contributed by atoms with Crippen molar-refractivity contribution < 1.29 is 24.1 Å². The summed E-state index contributed by atoms with van der Waals surface area (Å²) in [6, 6.07) is 4.27. The van der Waals surface area contributed by atoms with Gasteiger partial charge in [0.25, 0.3) is 0 Å². The summed E-state index contributed by atoms with van der Waals surface area (Å²) in [4.78, 5) is 2.42. The van der Waals surface area contributed by atoms with Crippen LogP contribution in [0.15, 0.2) is 24.8 Å². The van der Waals surface area contributed by atoms with E-state index in [0.717, 1.165) is 50.3 Å². The Balaban J connectivity index is 1.54. The van der Waals surface area contributed by atoms with E-state index in [1.165, 1.54) is 11.1 Å². The normalized spacial score (nSPS) is 36.2. The number of rotatable bonds is 8. The predicted octanol–water partition coefficient (Wildman–Crippen LogP) is 2.66. The maximum absolute atomic E-state index is 12.3. The van der Waals surface area contributed by atoms with Crippen molar-refractivity contribution in [3.05, 3.63) is 35.9 Å². The van der Waals surface area contributed by atoms with Crippen molar-refractivity contribution >= 4 is 0 Å². The Hall–Kier alpha value is -1.60. The third-order valence-corrected chi connectivity index (χ3v) is 7.95. The zero-order valence-electron chi connectivity index (χ0n) is 18.1. The fraction of sp³-hybridized carbons (Fsp3) is 0.667. The largest absolute Gasteiger partial charge is 0.485 e. The lowest BCUT2D eigenvalue weighted by molar-refractivity contribution is -0.194. The number of ether oxygens (including phenoxy) is 4. The molecule has 2 bridgehead atoms. The number of hydrogen-bond acceptors (Lipinski definition) is 6. The lowest BCUT2D eigenvalue weighted by Crippen LogP contribution is -2.76. The van der Waals surface area contributed by atoms with Gasteiger partial charge in [-0.05, 0) is 49.8 Å². The van der Waals surface area contributed by atoms with E-state index in [2.05, 4.69) is 24.5 Å². The van der Waals surface area contributed by atoms with Gasteiger partial charge < -0.3 is 24.1 Å². The minimum Gasteiger partial charge on any atom is -0.485 e. The van der Waals surface area contributed by atoms with E-state index >= 15 is 0 Å². The van der Waals surface area contributed by atoms with Crippen LogP contribution < -0.4 is 9.47 Å². The molecule has 6 nitrogen and oxygen atoms in total. The van der Waals surface area contributed by atoms with Crippen LogP contribution in [-0.2, 0) is 21.3 Å². The van der Waals surface area contributed by atoms with Crippen LogP contribution >= 0.6 is 0 Å². The van der Waals surface area contributed by atoms with Crippen molar-refractivity contribution in [2.75, 3.05) is 40.2 Å². The van der Waals surface area contributed by atoms with Crippen LogP contribution in [0.3, 0.4) is 0 Å². The van der Waals surface area contributed by atoms with E-state index < -0.39 is 5.60 Å². The van der Waals surface area contributed by atoms with Crippen LogP contribution in [0.4, 0.5) is 0 Å². The molecule has 2 fully saturated rings. The Morgan fingerprint density at radius 1 is 1.33 bits per heavy atom. The molecule has 1 aromatic carbocycles. The molecule has 1 aromatic rings. The average molecular weight is 416 g/mol. The highest BCUT2D eigenvalue weighted by atomic mass is 16.7. The summed E-state index contributed by atoms with van der Waals surface area (Å²) in [6.07, 6.45) is 5.46. The van der Waals surface area contributed by atoms with Gasteiger partial charge in [0.05, 0.1) is 24.2 Å².